The molecule has 1 amide bonds. The lowest BCUT2D eigenvalue weighted by atomic mass is 9.98. The van der Waals surface area contributed by atoms with Gasteiger partial charge in [0.15, 0.2) is 0 Å². The molecular formula is C20H32N2O3. The Kier molecular flexibility index (Phi) is 6.57. The smallest absolute Gasteiger partial charge is 0.410 e. The summed E-state index contributed by atoms with van der Waals surface area (Å²) in [7, 11) is 0. The molecule has 1 fully saturated rings. The highest BCUT2D eigenvalue weighted by atomic mass is 16.6. The van der Waals surface area contributed by atoms with Gasteiger partial charge in [-0.15, -0.1) is 0 Å². The summed E-state index contributed by atoms with van der Waals surface area (Å²) in [5.74, 6) is 1.34. The van der Waals surface area contributed by atoms with E-state index >= 15 is 0 Å². The topological polar surface area (TPSA) is 50.8 Å². The third-order valence-electron chi connectivity index (χ3n) is 4.26. The molecule has 1 aliphatic heterocycles. The molecule has 1 atom stereocenters. The number of likely N-dealkylation sites (tertiary alicyclic amines) is 1. The maximum absolute atomic E-state index is 12.3. The van der Waals surface area contributed by atoms with E-state index in [1.807, 2.05) is 38.7 Å². The van der Waals surface area contributed by atoms with Crippen LogP contribution in [0.2, 0.25) is 0 Å². The third kappa shape index (κ3) is 6.15. The van der Waals surface area contributed by atoms with Gasteiger partial charge in [0, 0.05) is 25.3 Å². The van der Waals surface area contributed by atoms with Crippen molar-refractivity contribution in [2.45, 2.75) is 53.1 Å². The fourth-order valence-electron chi connectivity index (χ4n) is 3.07. The summed E-state index contributed by atoms with van der Waals surface area (Å²) in [4.78, 5) is 14.1. The predicted octanol–water partition coefficient (Wildman–Crippen LogP) is 4.45. The zero-order valence-corrected chi connectivity index (χ0v) is 16.2. The van der Waals surface area contributed by atoms with Crippen LogP contribution in [-0.2, 0) is 4.74 Å². The lowest BCUT2D eigenvalue weighted by Crippen LogP contribution is -2.44. The minimum absolute atomic E-state index is 0.200. The minimum Gasteiger partial charge on any atom is -0.494 e. The molecule has 1 heterocycles. The van der Waals surface area contributed by atoms with E-state index in [0.29, 0.717) is 12.5 Å². The monoisotopic (exact) mass is 348 g/mol. The summed E-state index contributed by atoms with van der Waals surface area (Å²) in [6, 6.07) is 6.11. The van der Waals surface area contributed by atoms with Crippen molar-refractivity contribution in [3.8, 4) is 5.75 Å². The first-order valence-electron chi connectivity index (χ1n) is 9.23. The van der Waals surface area contributed by atoms with Crippen LogP contribution in [-0.4, -0.2) is 42.8 Å². The van der Waals surface area contributed by atoms with Gasteiger partial charge in [-0.25, -0.2) is 4.79 Å². The van der Waals surface area contributed by atoms with Gasteiger partial charge in [-0.05, 0) is 77.1 Å². The molecule has 0 radical (unpaired) electrons. The number of nitrogens with zero attached hydrogens (tertiary/aromatic N) is 1. The van der Waals surface area contributed by atoms with Crippen molar-refractivity contribution in [3.63, 3.8) is 0 Å². The van der Waals surface area contributed by atoms with E-state index in [1.54, 1.807) is 0 Å². The van der Waals surface area contributed by atoms with Crippen LogP contribution in [0.1, 0.15) is 46.1 Å². The number of nitrogens with one attached hydrogen (secondary N) is 1. The number of ether oxygens (including phenoxy) is 2. The van der Waals surface area contributed by atoms with Crippen LogP contribution < -0.4 is 10.1 Å². The van der Waals surface area contributed by atoms with Crippen molar-refractivity contribution in [2.24, 2.45) is 5.92 Å². The van der Waals surface area contributed by atoms with Crippen LogP contribution in [0.5, 0.6) is 5.75 Å². The zero-order valence-electron chi connectivity index (χ0n) is 16.2. The number of hydrogen-bond donors (Lipinski definition) is 1. The summed E-state index contributed by atoms with van der Waals surface area (Å²) in [6.07, 6.45) is 1.95. The molecule has 1 saturated heterocycles. The molecular weight excluding hydrogens is 316 g/mol. The normalized spacial score (nSPS) is 18.0. The number of amides is 1. The molecule has 5 heteroatoms. The average Bonchev–Trinajstić information content (AvgIpc) is 2.53. The Morgan fingerprint density at radius 2 is 2.12 bits per heavy atom. The SMILES string of the molecule is CCOc1ccc(NCC2CCCN(C(=O)OC(C)(C)C)C2)c(C)c1. The number of hydrogen-bond acceptors (Lipinski definition) is 4. The van der Waals surface area contributed by atoms with Gasteiger partial charge in [0.05, 0.1) is 6.61 Å². The molecule has 1 N–H and O–H groups in total. The Hall–Kier alpha value is -1.91. The highest BCUT2D eigenvalue weighted by molar-refractivity contribution is 5.68. The van der Waals surface area contributed by atoms with E-state index in [4.69, 9.17) is 9.47 Å². The first kappa shape index (κ1) is 19.4. The molecule has 2 rings (SSSR count). The van der Waals surface area contributed by atoms with E-state index in [1.165, 1.54) is 5.56 Å². The van der Waals surface area contributed by atoms with Crippen LogP contribution in [0.15, 0.2) is 18.2 Å². The number of carbonyl (C=O) groups is 1. The summed E-state index contributed by atoms with van der Waals surface area (Å²) in [5, 5.41) is 3.53. The molecule has 1 unspecified atom stereocenters. The van der Waals surface area contributed by atoms with Crippen LogP contribution >= 0.6 is 0 Å². The van der Waals surface area contributed by atoms with Crippen LogP contribution in [0, 0.1) is 12.8 Å². The van der Waals surface area contributed by atoms with Gasteiger partial charge in [-0.1, -0.05) is 0 Å². The number of rotatable bonds is 5. The first-order chi connectivity index (χ1) is 11.8. The van der Waals surface area contributed by atoms with Gasteiger partial charge in [0.2, 0.25) is 0 Å². The van der Waals surface area contributed by atoms with E-state index in [2.05, 4.69) is 24.4 Å². The van der Waals surface area contributed by atoms with Gasteiger partial charge in [-0.3, -0.25) is 0 Å². The Balaban J connectivity index is 1.87. The molecule has 0 aliphatic carbocycles. The molecule has 140 valence electrons. The zero-order chi connectivity index (χ0) is 18.4. The Morgan fingerprint density at radius 3 is 2.76 bits per heavy atom. The number of benzene rings is 1. The summed E-state index contributed by atoms with van der Waals surface area (Å²) in [6.45, 7) is 12.8. The number of piperidine rings is 1. The maximum Gasteiger partial charge on any atom is 0.410 e. The molecule has 0 bridgehead atoms. The fourth-order valence-corrected chi connectivity index (χ4v) is 3.07. The second-order valence-electron chi connectivity index (χ2n) is 7.73. The number of carbonyl (C=O) groups excluding carboxylic acids is 1. The quantitative estimate of drug-likeness (QED) is 0.854. The largest absolute Gasteiger partial charge is 0.494 e. The Morgan fingerprint density at radius 1 is 1.36 bits per heavy atom. The van der Waals surface area contributed by atoms with E-state index in [0.717, 1.165) is 43.9 Å². The lowest BCUT2D eigenvalue weighted by molar-refractivity contribution is 0.0172. The standard InChI is InChI=1S/C20H32N2O3/c1-6-24-17-9-10-18(15(2)12-17)21-13-16-8-7-11-22(14-16)19(23)25-20(3,4)5/h9-10,12,16,21H,6-8,11,13-14H2,1-5H3. The number of anilines is 1. The van der Waals surface area contributed by atoms with Gasteiger partial charge < -0.3 is 19.7 Å². The van der Waals surface area contributed by atoms with Gasteiger partial charge in [-0.2, -0.15) is 0 Å². The second-order valence-corrected chi connectivity index (χ2v) is 7.73. The summed E-state index contributed by atoms with van der Waals surface area (Å²) in [5.41, 5.74) is 1.85. The molecule has 1 aromatic rings. The van der Waals surface area contributed by atoms with Crippen molar-refractivity contribution >= 4 is 11.8 Å². The fraction of sp³-hybridized carbons (Fsp3) is 0.650. The van der Waals surface area contributed by atoms with Crippen molar-refractivity contribution in [1.82, 2.24) is 4.90 Å². The van der Waals surface area contributed by atoms with Crippen molar-refractivity contribution in [3.05, 3.63) is 23.8 Å². The number of aryl methyl sites for hydroxylation is 1. The van der Waals surface area contributed by atoms with Crippen molar-refractivity contribution < 1.29 is 14.3 Å². The molecule has 0 saturated carbocycles. The molecule has 5 nitrogen and oxygen atoms in total. The predicted molar refractivity (Wildman–Crippen MR) is 101 cm³/mol. The summed E-state index contributed by atoms with van der Waals surface area (Å²) >= 11 is 0. The Bertz CT molecular complexity index is 581. The molecule has 1 aliphatic rings. The molecule has 0 aromatic heterocycles. The lowest BCUT2D eigenvalue weighted by Gasteiger charge is -2.34. The molecule has 25 heavy (non-hydrogen) atoms. The van der Waals surface area contributed by atoms with Gasteiger partial charge in [0.1, 0.15) is 11.4 Å². The first-order valence-corrected chi connectivity index (χ1v) is 9.23. The van der Waals surface area contributed by atoms with Crippen LogP contribution in [0.4, 0.5) is 10.5 Å². The van der Waals surface area contributed by atoms with E-state index < -0.39 is 5.60 Å². The van der Waals surface area contributed by atoms with E-state index in [-0.39, 0.29) is 6.09 Å². The van der Waals surface area contributed by atoms with Gasteiger partial charge >= 0.3 is 6.09 Å². The van der Waals surface area contributed by atoms with Gasteiger partial charge in [0.25, 0.3) is 0 Å². The van der Waals surface area contributed by atoms with Crippen molar-refractivity contribution in [2.75, 3.05) is 31.6 Å². The third-order valence-corrected chi connectivity index (χ3v) is 4.26. The van der Waals surface area contributed by atoms with E-state index in [9.17, 15) is 4.79 Å². The molecule has 0 spiro atoms. The average molecular weight is 348 g/mol. The maximum atomic E-state index is 12.3. The second kappa shape index (κ2) is 8.45. The highest BCUT2D eigenvalue weighted by Gasteiger charge is 2.27. The summed E-state index contributed by atoms with van der Waals surface area (Å²) < 4.78 is 11.0. The van der Waals surface area contributed by atoms with Crippen molar-refractivity contribution in [1.29, 1.82) is 0 Å². The Labute approximate surface area is 151 Å². The van der Waals surface area contributed by atoms with Crippen LogP contribution in [0.25, 0.3) is 0 Å². The minimum atomic E-state index is -0.443. The van der Waals surface area contributed by atoms with Crippen LogP contribution in [0.3, 0.4) is 0 Å². The molecule has 1 aromatic carbocycles. The highest BCUT2D eigenvalue weighted by Crippen LogP contribution is 2.24.